The summed E-state index contributed by atoms with van der Waals surface area (Å²) in [5, 5.41) is 1.27. The standard InChI is InChI=1S/C32H42NO2P/c1-9-23(4)27-19-22(3)20-28(30(27)35-21-34-8)32(6,10-2)36-31-24(5)15-14-18-26(31)29(33-7)25-16-12-11-13-17-25/h11-20,23,36H,9-10,21H2,1-8H3. The third kappa shape index (κ3) is 6.07. The maximum absolute atomic E-state index is 6.34. The lowest BCUT2D eigenvalue weighted by Gasteiger charge is -2.34. The molecule has 0 aliphatic heterocycles. The predicted octanol–water partition coefficient (Wildman–Crippen LogP) is 7.90. The van der Waals surface area contributed by atoms with E-state index in [1.165, 1.54) is 33.1 Å². The SMILES string of the molecule is CCC(C)c1cc(C)cc(C(C)(CC)Pc2c(C)cccc2C(=NC)c2ccccc2)c1OCOC. The van der Waals surface area contributed by atoms with Crippen molar-refractivity contribution in [1.29, 1.82) is 0 Å². The number of aliphatic imine (C=N–C) groups is 1. The Morgan fingerprint density at radius 3 is 2.36 bits per heavy atom. The fraction of sp³-hybridized carbons (Fsp3) is 0.406. The van der Waals surface area contributed by atoms with Crippen LogP contribution < -0.4 is 10.0 Å². The van der Waals surface area contributed by atoms with Gasteiger partial charge in [-0.3, -0.25) is 4.99 Å². The Balaban J connectivity index is 2.19. The van der Waals surface area contributed by atoms with Crippen molar-refractivity contribution >= 4 is 19.6 Å². The summed E-state index contributed by atoms with van der Waals surface area (Å²) in [6.45, 7) is 13.9. The van der Waals surface area contributed by atoms with E-state index in [-0.39, 0.29) is 11.9 Å². The minimum Gasteiger partial charge on any atom is -0.467 e. The van der Waals surface area contributed by atoms with E-state index in [0.29, 0.717) is 14.5 Å². The Morgan fingerprint density at radius 1 is 1.03 bits per heavy atom. The molecular formula is C32H42NO2P. The van der Waals surface area contributed by atoms with Crippen LogP contribution in [0.4, 0.5) is 0 Å². The molecule has 0 saturated heterocycles. The molecule has 0 radical (unpaired) electrons. The second-order valence-corrected chi connectivity index (χ2v) is 11.7. The first-order valence-electron chi connectivity index (χ1n) is 13.0. The summed E-state index contributed by atoms with van der Waals surface area (Å²) >= 11 is 0. The van der Waals surface area contributed by atoms with Crippen LogP contribution in [0.15, 0.2) is 65.7 Å². The lowest BCUT2D eigenvalue weighted by Crippen LogP contribution is -2.25. The molecule has 0 aliphatic rings. The summed E-state index contributed by atoms with van der Waals surface area (Å²) in [5.74, 6) is 1.40. The number of benzene rings is 3. The normalized spacial score (nSPS) is 14.7. The minimum atomic E-state index is -0.103. The summed E-state index contributed by atoms with van der Waals surface area (Å²) in [7, 11) is 4.13. The molecule has 0 saturated carbocycles. The molecule has 192 valence electrons. The van der Waals surface area contributed by atoms with Gasteiger partial charge in [0.1, 0.15) is 5.75 Å². The van der Waals surface area contributed by atoms with Crippen LogP contribution in [0.1, 0.15) is 79.8 Å². The molecule has 0 N–H and O–H groups in total. The number of rotatable bonds is 11. The largest absolute Gasteiger partial charge is 0.467 e. The van der Waals surface area contributed by atoms with Gasteiger partial charge in [0, 0.05) is 36.0 Å². The van der Waals surface area contributed by atoms with Crippen molar-refractivity contribution in [2.75, 3.05) is 21.0 Å². The summed E-state index contributed by atoms with van der Waals surface area (Å²) in [6.07, 6.45) is 2.06. The molecule has 0 fully saturated rings. The Morgan fingerprint density at radius 2 is 1.75 bits per heavy atom. The van der Waals surface area contributed by atoms with Gasteiger partial charge in [0.15, 0.2) is 6.79 Å². The third-order valence-corrected chi connectivity index (χ3v) is 9.32. The first-order valence-corrected chi connectivity index (χ1v) is 14.0. The average Bonchev–Trinajstić information content (AvgIpc) is 2.89. The van der Waals surface area contributed by atoms with Gasteiger partial charge >= 0.3 is 0 Å². The van der Waals surface area contributed by atoms with Crippen LogP contribution in [0.3, 0.4) is 0 Å². The molecule has 3 aromatic rings. The van der Waals surface area contributed by atoms with Crippen molar-refractivity contribution < 1.29 is 9.47 Å². The number of hydrogen-bond acceptors (Lipinski definition) is 3. The van der Waals surface area contributed by atoms with Gasteiger partial charge < -0.3 is 9.47 Å². The Bertz CT molecular complexity index is 1190. The van der Waals surface area contributed by atoms with Crippen LogP contribution in [0.25, 0.3) is 0 Å². The molecule has 3 aromatic carbocycles. The molecular weight excluding hydrogens is 461 g/mol. The van der Waals surface area contributed by atoms with Gasteiger partial charge in [-0.25, -0.2) is 0 Å². The molecule has 0 bridgehead atoms. The van der Waals surface area contributed by atoms with Crippen molar-refractivity contribution in [3.63, 3.8) is 0 Å². The van der Waals surface area contributed by atoms with E-state index in [2.05, 4.69) is 102 Å². The van der Waals surface area contributed by atoms with Gasteiger partial charge in [-0.1, -0.05) is 103 Å². The van der Waals surface area contributed by atoms with Gasteiger partial charge in [0.2, 0.25) is 0 Å². The zero-order chi connectivity index (χ0) is 26.3. The van der Waals surface area contributed by atoms with Crippen molar-refractivity contribution in [2.45, 2.75) is 65.5 Å². The molecule has 36 heavy (non-hydrogen) atoms. The quantitative estimate of drug-likeness (QED) is 0.151. The zero-order valence-corrected chi connectivity index (χ0v) is 24.2. The highest BCUT2D eigenvalue weighted by Crippen LogP contribution is 2.50. The topological polar surface area (TPSA) is 30.8 Å². The van der Waals surface area contributed by atoms with Crippen LogP contribution in [-0.2, 0) is 9.89 Å². The maximum atomic E-state index is 6.34. The summed E-state index contributed by atoms with van der Waals surface area (Å²) in [6, 6.07) is 21.7. The van der Waals surface area contributed by atoms with E-state index >= 15 is 0 Å². The van der Waals surface area contributed by atoms with E-state index < -0.39 is 0 Å². The van der Waals surface area contributed by atoms with Crippen LogP contribution in [0.2, 0.25) is 0 Å². The second kappa shape index (κ2) is 12.7. The number of nitrogens with zero attached hydrogens (tertiary/aromatic N) is 1. The Hall–Kier alpha value is -2.48. The van der Waals surface area contributed by atoms with Gasteiger partial charge in [0.25, 0.3) is 0 Å². The van der Waals surface area contributed by atoms with E-state index in [1.807, 2.05) is 7.05 Å². The van der Waals surface area contributed by atoms with Crippen molar-refractivity contribution in [3.8, 4) is 5.75 Å². The van der Waals surface area contributed by atoms with Gasteiger partial charge in [-0.15, -0.1) is 0 Å². The average molecular weight is 504 g/mol. The molecule has 0 heterocycles. The first-order chi connectivity index (χ1) is 17.3. The molecule has 0 spiro atoms. The van der Waals surface area contributed by atoms with Crippen molar-refractivity contribution in [3.05, 3.63) is 94.0 Å². The second-order valence-electron chi connectivity index (χ2n) is 9.84. The minimum absolute atomic E-state index is 0.103. The van der Waals surface area contributed by atoms with E-state index in [9.17, 15) is 0 Å². The number of ether oxygens (including phenoxy) is 2. The van der Waals surface area contributed by atoms with Crippen molar-refractivity contribution in [1.82, 2.24) is 0 Å². The fourth-order valence-electron chi connectivity index (χ4n) is 4.73. The Labute approximate surface area is 220 Å². The lowest BCUT2D eigenvalue weighted by atomic mass is 9.88. The fourth-order valence-corrected chi connectivity index (χ4v) is 6.40. The molecule has 0 aromatic heterocycles. The molecule has 0 aliphatic carbocycles. The smallest absolute Gasteiger partial charge is 0.188 e. The van der Waals surface area contributed by atoms with Gasteiger partial charge in [0.05, 0.1) is 5.71 Å². The van der Waals surface area contributed by atoms with Gasteiger partial charge in [-0.05, 0) is 49.0 Å². The van der Waals surface area contributed by atoms with Crippen LogP contribution in [0, 0.1) is 13.8 Å². The molecule has 3 nitrogen and oxygen atoms in total. The lowest BCUT2D eigenvalue weighted by molar-refractivity contribution is 0.0491. The summed E-state index contributed by atoms with van der Waals surface area (Å²) in [4.78, 5) is 4.76. The number of aryl methyl sites for hydroxylation is 2. The van der Waals surface area contributed by atoms with Gasteiger partial charge in [-0.2, -0.15) is 0 Å². The van der Waals surface area contributed by atoms with Crippen molar-refractivity contribution in [2.24, 2.45) is 4.99 Å². The highest BCUT2D eigenvalue weighted by molar-refractivity contribution is 7.49. The Kier molecular flexibility index (Phi) is 9.88. The number of methoxy groups -OCH3 is 1. The zero-order valence-electron chi connectivity index (χ0n) is 23.2. The van der Waals surface area contributed by atoms with E-state index in [4.69, 9.17) is 14.5 Å². The highest BCUT2D eigenvalue weighted by Gasteiger charge is 2.33. The highest BCUT2D eigenvalue weighted by atomic mass is 31.1. The molecule has 4 heteroatoms. The summed E-state index contributed by atoms with van der Waals surface area (Å²) in [5.41, 5.74) is 8.54. The molecule has 0 amide bonds. The van der Waals surface area contributed by atoms with Crippen LogP contribution in [0.5, 0.6) is 5.75 Å². The molecule has 3 unspecified atom stereocenters. The maximum Gasteiger partial charge on any atom is 0.188 e. The van der Waals surface area contributed by atoms with Crippen LogP contribution in [-0.4, -0.2) is 26.7 Å². The molecule has 3 rings (SSSR count). The predicted molar refractivity (Wildman–Crippen MR) is 157 cm³/mol. The summed E-state index contributed by atoms with van der Waals surface area (Å²) < 4.78 is 11.7. The van der Waals surface area contributed by atoms with Crippen LogP contribution >= 0.6 is 8.58 Å². The van der Waals surface area contributed by atoms with E-state index in [1.54, 1.807) is 7.11 Å². The molecule has 3 atom stereocenters. The first kappa shape index (κ1) is 28.1. The third-order valence-electron chi connectivity index (χ3n) is 7.23. The number of hydrogen-bond donors (Lipinski definition) is 0. The monoisotopic (exact) mass is 503 g/mol. The van der Waals surface area contributed by atoms with E-state index in [0.717, 1.165) is 29.9 Å².